The summed E-state index contributed by atoms with van der Waals surface area (Å²) in [6, 6.07) is 15.5. The van der Waals surface area contributed by atoms with Crippen LogP contribution >= 0.6 is 0 Å². The lowest BCUT2D eigenvalue weighted by atomic mass is 10.1. The molecule has 0 heterocycles. The molecule has 0 aliphatic heterocycles. The molecular weight excluding hydrogens is 549 g/mol. The monoisotopic (exact) mass is 585 g/mol. The van der Waals surface area contributed by atoms with Crippen LogP contribution in [-0.2, 0) is 26.2 Å². The second-order valence-corrected chi connectivity index (χ2v) is 11.7. The number of sulfonamides is 1. The number of aryl methyl sites for hydroxylation is 1. The highest BCUT2D eigenvalue weighted by Crippen LogP contribution is 2.32. The molecule has 0 saturated carbocycles. The maximum Gasteiger partial charge on any atom is 0.264 e. The van der Waals surface area contributed by atoms with E-state index in [2.05, 4.69) is 5.32 Å². The molecule has 41 heavy (non-hydrogen) atoms. The lowest BCUT2D eigenvalue weighted by molar-refractivity contribution is -0.139. The molecule has 3 rings (SSSR count). The summed E-state index contributed by atoms with van der Waals surface area (Å²) in [7, 11) is -1.50. The van der Waals surface area contributed by atoms with E-state index in [-0.39, 0.29) is 34.5 Å². The van der Waals surface area contributed by atoms with Gasteiger partial charge in [0.15, 0.2) is 11.5 Å². The van der Waals surface area contributed by atoms with Gasteiger partial charge in [-0.2, -0.15) is 0 Å². The maximum absolute atomic E-state index is 14.6. The molecule has 0 aliphatic carbocycles. The number of nitrogens with one attached hydrogen (secondary N) is 1. The van der Waals surface area contributed by atoms with E-state index < -0.39 is 40.2 Å². The lowest BCUT2D eigenvalue weighted by Gasteiger charge is -2.32. The van der Waals surface area contributed by atoms with Crippen LogP contribution < -0.4 is 19.1 Å². The van der Waals surface area contributed by atoms with Crippen molar-refractivity contribution in [3.05, 3.63) is 83.7 Å². The lowest BCUT2D eigenvalue weighted by Crippen LogP contribution is -2.52. The Morgan fingerprint density at radius 3 is 2.15 bits per heavy atom. The van der Waals surface area contributed by atoms with E-state index in [4.69, 9.17) is 9.47 Å². The van der Waals surface area contributed by atoms with Gasteiger partial charge in [0.2, 0.25) is 11.8 Å². The van der Waals surface area contributed by atoms with Gasteiger partial charge in [-0.3, -0.25) is 13.9 Å². The zero-order valence-corrected chi connectivity index (χ0v) is 24.9. The molecule has 0 unspecified atom stereocenters. The Balaban J connectivity index is 2.08. The normalized spacial score (nSPS) is 12.0. The molecule has 1 N–H and O–H groups in total. The molecule has 0 aromatic heterocycles. The van der Waals surface area contributed by atoms with E-state index in [1.54, 1.807) is 44.2 Å². The molecule has 0 saturated heterocycles. The molecule has 11 heteroatoms. The van der Waals surface area contributed by atoms with Crippen molar-refractivity contribution in [2.45, 2.75) is 51.2 Å². The third-order valence-electron chi connectivity index (χ3n) is 6.44. The van der Waals surface area contributed by atoms with Gasteiger partial charge in [0.05, 0.1) is 24.8 Å². The van der Waals surface area contributed by atoms with Crippen LogP contribution in [0.2, 0.25) is 0 Å². The van der Waals surface area contributed by atoms with Gasteiger partial charge in [-0.15, -0.1) is 0 Å². The van der Waals surface area contributed by atoms with Crippen LogP contribution in [0.4, 0.5) is 10.1 Å². The number of ether oxygens (including phenoxy) is 2. The van der Waals surface area contributed by atoms with Crippen molar-refractivity contribution in [3.63, 3.8) is 0 Å². The topological polar surface area (TPSA) is 105 Å². The molecule has 1 atom stereocenters. The van der Waals surface area contributed by atoms with Crippen LogP contribution in [0, 0.1) is 12.7 Å². The molecule has 0 spiro atoms. The van der Waals surface area contributed by atoms with Crippen LogP contribution in [-0.4, -0.2) is 58.0 Å². The van der Waals surface area contributed by atoms with Gasteiger partial charge >= 0.3 is 0 Å². The van der Waals surface area contributed by atoms with Crippen molar-refractivity contribution in [2.24, 2.45) is 0 Å². The Morgan fingerprint density at radius 2 is 1.56 bits per heavy atom. The zero-order valence-electron chi connectivity index (χ0n) is 24.0. The summed E-state index contributed by atoms with van der Waals surface area (Å²) in [5, 5.41) is 2.76. The van der Waals surface area contributed by atoms with Gasteiger partial charge in [-0.25, -0.2) is 12.8 Å². The fourth-order valence-corrected chi connectivity index (χ4v) is 5.57. The van der Waals surface area contributed by atoms with E-state index in [1.165, 1.54) is 62.4 Å². The number of methoxy groups -OCH3 is 2. The molecule has 0 fully saturated rings. The summed E-state index contributed by atoms with van der Waals surface area (Å²) in [5.41, 5.74) is 1.32. The minimum Gasteiger partial charge on any atom is -0.493 e. The summed E-state index contributed by atoms with van der Waals surface area (Å²) >= 11 is 0. The van der Waals surface area contributed by atoms with E-state index >= 15 is 0 Å². The first-order valence-corrected chi connectivity index (χ1v) is 14.5. The maximum atomic E-state index is 14.6. The highest BCUT2D eigenvalue weighted by atomic mass is 32.2. The molecular formula is C30H36FN3O6S. The Kier molecular flexibility index (Phi) is 10.3. The molecule has 3 aromatic rings. The van der Waals surface area contributed by atoms with Crippen LogP contribution in [0.15, 0.2) is 71.6 Å². The van der Waals surface area contributed by atoms with Crippen LogP contribution in [0.25, 0.3) is 0 Å². The molecule has 0 aliphatic rings. The van der Waals surface area contributed by atoms with Crippen molar-refractivity contribution >= 4 is 27.5 Å². The number of carbonyl (C=O) groups excluding carboxylic acids is 2. The van der Waals surface area contributed by atoms with E-state index in [1.807, 2.05) is 6.92 Å². The highest BCUT2D eigenvalue weighted by molar-refractivity contribution is 7.92. The fraction of sp³-hybridized carbons (Fsp3) is 0.333. The third-order valence-corrected chi connectivity index (χ3v) is 8.21. The number of amides is 2. The van der Waals surface area contributed by atoms with Crippen molar-refractivity contribution in [1.29, 1.82) is 0 Å². The fourth-order valence-electron chi connectivity index (χ4n) is 4.14. The van der Waals surface area contributed by atoms with Gasteiger partial charge in [-0.1, -0.05) is 35.9 Å². The average Bonchev–Trinajstić information content (AvgIpc) is 2.94. The first kappa shape index (κ1) is 31.4. The predicted molar refractivity (Wildman–Crippen MR) is 155 cm³/mol. The minimum atomic E-state index is -4.32. The number of halogens is 1. The number of hydrogen-bond acceptors (Lipinski definition) is 6. The average molecular weight is 586 g/mol. The summed E-state index contributed by atoms with van der Waals surface area (Å²) in [6.07, 6.45) is 0. The summed E-state index contributed by atoms with van der Waals surface area (Å²) in [6.45, 7) is 6.05. The number of anilines is 1. The number of rotatable bonds is 12. The summed E-state index contributed by atoms with van der Waals surface area (Å²) < 4.78 is 54.2. The van der Waals surface area contributed by atoms with Crippen molar-refractivity contribution in [1.82, 2.24) is 10.2 Å². The molecule has 3 aromatic carbocycles. The first-order valence-electron chi connectivity index (χ1n) is 13.0. The van der Waals surface area contributed by atoms with E-state index in [0.717, 1.165) is 9.87 Å². The second kappa shape index (κ2) is 13.5. The SMILES string of the molecule is COc1ccc(S(=O)(=O)N(CC(=O)N(Cc2ccccc2F)[C@H](C)C(=O)NC(C)C)c2ccc(C)cc2)cc1OC. The van der Waals surface area contributed by atoms with Crippen molar-refractivity contribution in [2.75, 3.05) is 25.1 Å². The van der Waals surface area contributed by atoms with E-state index in [9.17, 15) is 22.4 Å². The summed E-state index contributed by atoms with van der Waals surface area (Å²) in [5.74, 6) is -1.15. The Bertz CT molecular complexity index is 1480. The number of hydrogen-bond donors (Lipinski definition) is 1. The minimum absolute atomic E-state index is 0.130. The largest absolute Gasteiger partial charge is 0.493 e. The summed E-state index contributed by atoms with van der Waals surface area (Å²) in [4.78, 5) is 27.9. The molecule has 2 amide bonds. The van der Waals surface area contributed by atoms with Crippen molar-refractivity contribution < 1.29 is 31.9 Å². The van der Waals surface area contributed by atoms with Gasteiger partial charge in [0.1, 0.15) is 18.4 Å². The molecule has 220 valence electrons. The van der Waals surface area contributed by atoms with Gasteiger partial charge in [-0.05, 0) is 58.0 Å². The van der Waals surface area contributed by atoms with Crippen LogP contribution in [0.1, 0.15) is 31.9 Å². The molecule has 0 bridgehead atoms. The number of nitrogens with zero attached hydrogens (tertiary/aromatic N) is 2. The zero-order chi connectivity index (χ0) is 30.3. The van der Waals surface area contributed by atoms with Crippen LogP contribution in [0.3, 0.4) is 0 Å². The first-order chi connectivity index (χ1) is 19.4. The smallest absolute Gasteiger partial charge is 0.264 e. The van der Waals surface area contributed by atoms with Crippen molar-refractivity contribution in [3.8, 4) is 11.5 Å². The number of benzene rings is 3. The predicted octanol–water partition coefficient (Wildman–Crippen LogP) is 4.29. The van der Waals surface area contributed by atoms with Gasteiger partial charge in [0.25, 0.3) is 10.0 Å². The third kappa shape index (κ3) is 7.55. The Labute approximate surface area is 240 Å². The van der Waals surface area contributed by atoms with E-state index in [0.29, 0.717) is 5.75 Å². The van der Waals surface area contributed by atoms with Gasteiger partial charge < -0.3 is 19.7 Å². The van der Waals surface area contributed by atoms with Crippen LogP contribution in [0.5, 0.6) is 11.5 Å². The Hall–Kier alpha value is -4.12. The Morgan fingerprint density at radius 1 is 0.927 bits per heavy atom. The second-order valence-electron chi connectivity index (χ2n) is 9.82. The number of carbonyl (C=O) groups is 2. The quantitative estimate of drug-likeness (QED) is 0.340. The van der Waals surface area contributed by atoms with Gasteiger partial charge in [0, 0.05) is 24.2 Å². The molecule has 0 radical (unpaired) electrons. The highest BCUT2D eigenvalue weighted by Gasteiger charge is 2.33. The standard InChI is InChI=1S/C30H36FN3O6S/c1-20(2)32-30(36)22(4)33(18-23-9-7-8-10-26(23)31)29(35)19-34(24-13-11-21(3)12-14-24)41(37,38)25-15-16-27(39-5)28(17-25)40-6/h7-17,20,22H,18-19H2,1-6H3,(H,32,36)/t22-/m1/s1. The molecule has 9 nitrogen and oxygen atoms in total.